The third kappa shape index (κ3) is 3.06. The molecule has 0 radical (unpaired) electrons. The highest BCUT2D eigenvalue weighted by Gasteiger charge is 2.33. The van der Waals surface area contributed by atoms with Gasteiger partial charge in [0.1, 0.15) is 5.82 Å². The standard InChI is InChI=1S/C17H22N4O2/c1-3-21-11-12(10-16(21)22)17(23)18-9-8-15-19-13-6-4-5-7-14(13)20(15)2/h4-7,12H,3,8-11H2,1-2H3,(H,18,23)/t12-/m1/s1. The number of aryl methyl sites for hydroxylation is 1. The Labute approximate surface area is 135 Å². The van der Waals surface area contributed by atoms with Crippen molar-refractivity contribution in [2.45, 2.75) is 19.8 Å². The topological polar surface area (TPSA) is 67.2 Å². The first-order chi connectivity index (χ1) is 11.1. The Bertz CT molecular complexity index is 737. The van der Waals surface area contributed by atoms with Crippen LogP contribution in [-0.2, 0) is 23.1 Å². The van der Waals surface area contributed by atoms with E-state index in [4.69, 9.17) is 0 Å². The van der Waals surface area contributed by atoms with Crippen LogP contribution in [0.15, 0.2) is 24.3 Å². The van der Waals surface area contributed by atoms with E-state index in [0.717, 1.165) is 16.9 Å². The Morgan fingerprint density at radius 1 is 1.39 bits per heavy atom. The fourth-order valence-corrected chi connectivity index (χ4v) is 3.11. The molecule has 3 rings (SSSR count). The molecule has 1 atom stereocenters. The van der Waals surface area contributed by atoms with Gasteiger partial charge in [0, 0.05) is 39.5 Å². The minimum absolute atomic E-state index is 0.0342. The van der Waals surface area contributed by atoms with Crippen LogP contribution in [0.4, 0.5) is 0 Å². The van der Waals surface area contributed by atoms with Crippen LogP contribution in [0.2, 0.25) is 0 Å². The first-order valence-electron chi connectivity index (χ1n) is 8.06. The lowest BCUT2D eigenvalue weighted by atomic mass is 10.1. The summed E-state index contributed by atoms with van der Waals surface area (Å²) in [5, 5.41) is 2.94. The zero-order valence-electron chi connectivity index (χ0n) is 13.6. The van der Waals surface area contributed by atoms with Crippen molar-refractivity contribution >= 4 is 22.8 Å². The molecule has 0 spiro atoms. The van der Waals surface area contributed by atoms with Gasteiger partial charge in [-0.2, -0.15) is 0 Å². The number of benzene rings is 1. The van der Waals surface area contributed by atoms with Gasteiger partial charge >= 0.3 is 0 Å². The third-order valence-electron chi connectivity index (χ3n) is 4.49. The SMILES string of the molecule is CCN1C[C@H](C(=O)NCCc2nc3ccccc3n2C)CC1=O. The van der Waals surface area contributed by atoms with Crippen molar-refractivity contribution in [3.05, 3.63) is 30.1 Å². The molecule has 1 aromatic carbocycles. The van der Waals surface area contributed by atoms with Gasteiger partial charge in [-0.3, -0.25) is 9.59 Å². The van der Waals surface area contributed by atoms with Gasteiger partial charge in [-0.05, 0) is 19.1 Å². The van der Waals surface area contributed by atoms with Gasteiger partial charge in [0.2, 0.25) is 11.8 Å². The summed E-state index contributed by atoms with van der Waals surface area (Å²) in [6, 6.07) is 7.98. The largest absolute Gasteiger partial charge is 0.355 e. The number of nitrogens with one attached hydrogen (secondary N) is 1. The molecular formula is C17H22N4O2. The smallest absolute Gasteiger partial charge is 0.225 e. The van der Waals surface area contributed by atoms with E-state index in [-0.39, 0.29) is 17.7 Å². The van der Waals surface area contributed by atoms with E-state index in [0.29, 0.717) is 32.5 Å². The summed E-state index contributed by atoms with van der Waals surface area (Å²) < 4.78 is 2.05. The number of fused-ring (bicyclic) bond motifs is 1. The number of aromatic nitrogens is 2. The Morgan fingerprint density at radius 3 is 2.87 bits per heavy atom. The average molecular weight is 314 g/mol. The van der Waals surface area contributed by atoms with Gasteiger partial charge in [0.15, 0.2) is 0 Å². The number of amides is 2. The van der Waals surface area contributed by atoms with Crippen molar-refractivity contribution in [1.29, 1.82) is 0 Å². The van der Waals surface area contributed by atoms with E-state index < -0.39 is 0 Å². The molecule has 1 fully saturated rings. The normalized spacial score (nSPS) is 17.9. The van der Waals surface area contributed by atoms with Crippen LogP contribution in [0.3, 0.4) is 0 Å². The van der Waals surface area contributed by atoms with Gasteiger partial charge in [-0.1, -0.05) is 12.1 Å². The number of nitrogens with zero attached hydrogens (tertiary/aromatic N) is 3. The van der Waals surface area contributed by atoms with E-state index in [1.54, 1.807) is 4.90 Å². The summed E-state index contributed by atoms with van der Waals surface area (Å²) in [5.74, 6) is 0.767. The van der Waals surface area contributed by atoms with Gasteiger partial charge in [-0.15, -0.1) is 0 Å². The predicted octanol–water partition coefficient (Wildman–Crippen LogP) is 1.10. The van der Waals surface area contributed by atoms with Crippen molar-refractivity contribution in [3.63, 3.8) is 0 Å². The number of likely N-dealkylation sites (tertiary alicyclic amines) is 1. The maximum absolute atomic E-state index is 12.2. The van der Waals surface area contributed by atoms with Crippen LogP contribution in [-0.4, -0.2) is 45.9 Å². The van der Waals surface area contributed by atoms with Gasteiger partial charge < -0.3 is 14.8 Å². The molecule has 1 aliphatic rings. The minimum Gasteiger partial charge on any atom is -0.355 e. The molecule has 0 bridgehead atoms. The molecule has 2 heterocycles. The fraction of sp³-hybridized carbons (Fsp3) is 0.471. The zero-order valence-corrected chi connectivity index (χ0v) is 13.6. The van der Waals surface area contributed by atoms with Crippen molar-refractivity contribution in [2.24, 2.45) is 13.0 Å². The van der Waals surface area contributed by atoms with Gasteiger partial charge in [0.25, 0.3) is 0 Å². The molecule has 0 aliphatic carbocycles. The number of hydrogen-bond donors (Lipinski definition) is 1. The van der Waals surface area contributed by atoms with E-state index in [1.165, 1.54) is 0 Å². The molecule has 2 aromatic rings. The van der Waals surface area contributed by atoms with Crippen molar-refractivity contribution in [1.82, 2.24) is 19.8 Å². The molecule has 1 aliphatic heterocycles. The third-order valence-corrected chi connectivity index (χ3v) is 4.49. The number of rotatable bonds is 5. The zero-order chi connectivity index (χ0) is 16.4. The molecule has 6 heteroatoms. The Morgan fingerprint density at radius 2 is 2.17 bits per heavy atom. The summed E-state index contributed by atoms with van der Waals surface area (Å²) in [7, 11) is 1.99. The van der Waals surface area contributed by atoms with Gasteiger partial charge in [0.05, 0.1) is 17.0 Å². The number of para-hydroxylation sites is 2. The maximum Gasteiger partial charge on any atom is 0.225 e. The molecule has 1 aromatic heterocycles. The molecule has 2 amide bonds. The molecule has 122 valence electrons. The molecule has 0 saturated carbocycles. The second kappa shape index (κ2) is 6.40. The molecular weight excluding hydrogens is 292 g/mol. The Balaban J connectivity index is 1.56. The van der Waals surface area contributed by atoms with Crippen LogP contribution >= 0.6 is 0 Å². The van der Waals surface area contributed by atoms with Gasteiger partial charge in [-0.25, -0.2) is 4.98 Å². The molecule has 1 N–H and O–H groups in total. The lowest BCUT2D eigenvalue weighted by Gasteiger charge is -2.13. The lowest BCUT2D eigenvalue weighted by molar-refractivity contribution is -0.128. The summed E-state index contributed by atoms with van der Waals surface area (Å²) in [6.07, 6.45) is 1.00. The fourth-order valence-electron chi connectivity index (χ4n) is 3.11. The first-order valence-corrected chi connectivity index (χ1v) is 8.06. The number of imidazole rings is 1. The quantitative estimate of drug-likeness (QED) is 0.899. The predicted molar refractivity (Wildman–Crippen MR) is 87.8 cm³/mol. The summed E-state index contributed by atoms with van der Waals surface area (Å²) in [5.41, 5.74) is 2.06. The summed E-state index contributed by atoms with van der Waals surface area (Å²) in [4.78, 5) is 30.2. The van der Waals surface area contributed by atoms with Crippen molar-refractivity contribution < 1.29 is 9.59 Å². The van der Waals surface area contributed by atoms with Crippen LogP contribution in [0.1, 0.15) is 19.2 Å². The second-order valence-corrected chi connectivity index (χ2v) is 5.95. The minimum atomic E-state index is -0.220. The highest BCUT2D eigenvalue weighted by molar-refractivity contribution is 5.89. The highest BCUT2D eigenvalue weighted by atomic mass is 16.2. The maximum atomic E-state index is 12.2. The van der Waals surface area contributed by atoms with Crippen molar-refractivity contribution in [3.8, 4) is 0 Å². The van der Waals surface area contributed by atoms with E-state index in [1.807, 2.05) is 38.2 Å². The van der Waals surface area contributed by atoms with Crippen LogP contribution in [0.25, 0.3) is 11.0 Å². The number of hydrogen-bond acceptors (Lipinski definition) is 3. The Hall–Kier alpha value is -2.37. The summed E-state index contributed by atoms with van der Waals surface area (Å²) >= 11 is 0. The highest BCUT2D eigenvalue weighted by Crippen LogP contribution is 2.17. The average Bonchev–Trinajstić information content (AvgIpc) is 3.08. The van der Waals surface area contributed by atoms with Crippen LogP contribution in [0, 0.1) is 5.92 Å². The molecule has 1 saturated heterocycles. The monoisotopic (exact) mass is 314 g/mol. The van der Waals surface area contributed by atoms with Crippen LogP contribution in [0.5, 0.6) is 0 Å². The van der Waals surface area contributed by atoms with Crippen LogP contribution < -0.4 is 5.32 Å². The molecule has 23 heavy (non-hydrogen) atoms. The molecule has 6 nitrogen and oxygen atoms in total. The van der Waals surface area contributed by atoms with E-state index in [9.17, 15) is 9.59 Å². The number of carbonyl (C=O) groups is 2. The number of carbonyl (C=O) groups excluding carboxylic acids is 2. The van der Waals surface area contributed by atoms with E-state index in [2.05, 4.69) is 14.9 Å². The van der Waals surface area contributed by atoms with Crippen molar-refractivity contribution in [2.75, 3.05) is 19.6 Å². The summed E-state index contributed by atoms with van der Waals surface area (Å²) in [6.45, 7) is 3.67. The first kappa shape index (κ1) is 15.5. The van der Waals surface area contributed by atoms with E-state index >= 15 is 0 Å². The Kier molecular flexibility index (Phi) is 4.32. The molecule has 0 unspecified atom stereocenters. The second-order valence-electron chi connectivity index (χ2n) is 5.95. The lowest BCUT2D eigenvalue weighted by Crippen LogP contribution is -2.34.